The van der Waals surface area contributed by atoms with Crippen molar-refractivity contribution in [1.82, 2.24) is 0 Å². The zero-order valence-electron chi connectivity index (χ0n) is 11.2. The maximum Gasteiger partial charge on any atom is 0.0355 e. The Morgan fingerprint density at radius 1 is 0.947 bits per heavy atom. The summed E-state index contributed by atoms with van der Waals surface area (Å²) < 4.78 is 2.73. The third-order valence-corrected chi connectivity index (χ3v) is 4.52. The fourth-order valence-electron chi connectivity index (χ4n) is 2.44. The van der Waals surface area contributed by atoms with Crippen molar-refractivity contribution in [1.29, 1.82) is 0 Å². The van der Waals surface area contributed by atoms with Crippen LogP contribution in [0.2, 0.25) is 0 Å². The Bertz CT molecular complexity index is 788. The lowest BCUT2D eigenvalue weighted by Gasteiger charge is -2.02. The van der Waals surface area contributed by atoms with Gasteiger partial charge in [-0.2, -0.15) is 0 Å². The molecule has 3 rings (SSSR count). The molecule has 1 aromatic heterocycles. The van der Waals surface area contributed by atoms with Gasteiger partial charge in [0.1, 0.15) is 0 Å². The number of rotatable bonds is 2. The molecule has 0 aliphatic carbocycles. The Balaban J connectivity index is 2.27. The number of hydrogen-bond donors (Lipinski definition) is 0. The molecule has 3 aromatic rings. The molecule has 1 heteroatoms. The molecule has 94 valence electrons. The number of hydrogen-bond acceptors (Lipinski definition) is 1. The van der Waals surface area contributed by atoms with Crippen molar-refractivity contribution < 1.29 is 0 Å². The van der Waals surface area contributed by atoms with E-state index in [0.29, 0.717) is 0 Å². The molecule has 19 heavy (non-hydrogen) atoms. The van der Waals surface area contributed by atoms with E-state index >= 15 is 0 Å². The lowest BCUT2D eigenvalue weighted by Crippen LogP contribution is -1.79. The molecule has 0 spiro atoms. The van der Waals surface area contributed by atoms with E-state index in [1.165, 1.54) is 31.3 Å². The number of thiophene rings is 1. The minimum Gasteiger partial charge on any atom is -0.135 e. The normalized spacial score (nSPS) is 12.8. The van der Waals surface area contributed by atoms with E-state index in [2.05, 4.69) is 74.5 Å². The monoisotopic (exact) mass is 264 g/mol. The maximum atomic E-state index is 2.31. The Labute approximate surface area is 117 Å². The average Bonchev–Trinajstić information content (AvgIpc) is 2.82. The van der Waals surface area contributed by atoms with Gasteiger partial charge >= 0.3 is 0 Å². The van der Waals surface area contributed by atoms with Crippen LogP contribution in [0, 0.1) is 0 Å². The molecule has 0 amide bonds. The van der Waals surface area contributed by atoms with Crippen LogP contribution in [0.1, 0.15) is 19.4 Å². The second kappa shape index (κ2) is 5.02. The predicted molar refractivity (Wildman–Crippen MR) is 87.8 cm³/mol. The average molecular weight is 264 g/mol. The van der Waals surface area contributed by atoms with Crippen LogP contribution in [0.5, 0.6) is 0 Å². The molecule has 0 bridgehead atoms. The fourth-order valence-corrected chi connectivity index (χ4v) is 3.53. The van der Waals surface area contributed by atoms with Gasteiger partial charge in [0.2, 0.25) is 0 Å². The molecule has 2 aromatic carbocycles. The smallest absolute Gasteiger partial charge is 0.0355 e. The van der Waals surface area contributed by atoms with Crippen molar-refractivity contribution >= 4 is 37.1 Å². The first-order valence-electron chi connectivity index (χ1n) is 6.54. The summed E-state index contributed by atoms with van der Waals surface area (Å²) in [7, 11) is 0. The third-order valence-electron chi connectivity index (χ3n) is 3.37. The molecule has 0 N–H and O–H groups in total. The van der Waals surface area contributed by atoms with Gasteiger partial charge in [-0.3, -0.25) is 0 Å². The van der Waals surface area contributed by atoms with Gasteiger partial charge in [-0.1, -0.05) is 42.5 Å². The van der Waals surface area contributed by atoms with Gasteiger partial charge < -0.3 is 0 Å². The standard InChI is InChI=1S/C18H16S/c1-3-7-13(4-2)14-10-11-18-16(12-14)15-8-5-6-9-17(15)19-18/h3-12H,1-2H3/b7-3-,13-4+. The Morgan fingerprint density at radius 2 is 1.74 bits per heavy atom. The van der Waals surface area contributed by atoms with Gasteiger partial charge in [0.25, 0.3) is 0 Å². The molecule has 0 nitrogen and oxygen atoms in total. The van der Waals surface area contributed by atoms with E-state index in [1.807, 2.05) is 11.3 Å². The molecule has 0 saturated heterocycles. The molecule has 0 atom stereocenters. The van der Waals surface area contributed by atoms with Gasteiger partial charge in [-0.15, -0.1) is 11.3 Å². The lowest BCUT2D eigenvalue weighted by atomic mass is 10.0. The molecule has 0 unspecified atom stereocenters. The summed E-state index contributed by atoms with van der Waals surface area (Å²) in [6.45, 7) is 4.15. The van der Waals surface area contributed by atoms with E-state index in [0.717, 1.165) is 0 Å². The summed E-state index contributed by atoms with van der Waals surface area (Å²) in [5.74, 6) is 0. The summed E-state index contributed by atoms with van der Waals surface area (Å²) in [5, 5.41) is 2.72. The fraction of sp³-hybridized carbons (Fsp3) is 0.111. The van der Waals surface area contributed by atoms with Crippen LogP contribution in [0.4, 0.5) is 0 Å². The largest absolute Gasteiger partial charge is 0.135 e. The van der Waals surface area contributed by atoms with Crippen molar-refractivity contribution in [3.8, 4) is 0 Å². The minimum atomic E-state index is 1.28. The van der Waals surface area contributed by atoms with E-state index < -0.39 is 0 Å². The first-order valence-corrected chi connectivity index (χ1v) is 7.36. The Morgan fingerprint density at radius 3 is 2.53 bits per heavy atom. The van der Waals surface area contributed by atoms with Crippen molar-refractivity contribution in [3.05, 3.63) is 66.3 Å². The molecule has 0 aliphatic heterocycles. The highest BCUT2D eigenvalue weighted by molar-refractivity contribution is 7.25. The van der Waals surface area contributed by atoms with Crippen LogP contribution < -0.4 is 0 Å². The van der Waals surface area contributed by atoms with Gasteiger partial charge in [0.05, 0.1) is 0 Å². The van der Waals surface area contributed by atoms with Crippen LogP contribution in [0.3, 0.4) is 0 Å². The predicted octanol–water partition coefficient (Wildman–Crippen LogP) is 6.03. The van der Waals surface area contributed by atoms with Crippen molar-refractivity contribution in [2.45, 2.75) is 13.8 Å². The van der Waals surface area contributed by atoms with Crippen LogP contribution in [-0.4, -0.2) is 0 Å². The zero-order valence-corrected chi connectivity index (χ0v) is 12.0. The molecule has 0 saturated carbocycles. The molecule has 0 radical (unpaired) electrons. The summed E-state index contributed by atoms with van der Waals surface area (Å²) in [4.78, 5) is 0. The van der Waals surface area contributed by atoms with Crippen LogP contribution in [0.25, 0.3) is 25.7 Å². The highest BCUT2D eigenvalue weighted by atomic mass is 32.1. The summed E-state index contributed by atoms with van der Waals surface area (Å²) in [5.41, 5.74) is 2.57. The van der Waals surface area contributed by atoms with Crippen molar-refractivity contribution in [2.75, 3.05) is 0 Å². The first kappa shape index (κ1) is 12.2. The quantitative estimate of drug-likeness (QED) is 0.495. The topological polar surface area (TPSA) is 0 Å². The second-order valence-corrected chi connectivity index (χ2v) is 5.64. The summed E-state index contributed by atoms with van der Waals surface area (Å²) in [6, 6.07) is 15.4. The number of allylic oxidation sites excluding steroid dienone is 4. The minimum absolute atomic E-state index is 1.28. The Kier molecular flexibility index (Phi) is 3.22. The van der Waals surface area contributed by atoms with Crippen LogP contribution >= 0.6 is 11.3 Å². The van der Waals surface area contributed by atoms with Gasteiger partial charge in [0, 0.05) is 20.2 Å². The van der Waals surface area contributed by atoms with Gasteiger partial charge in [-0.25, -0.2) is 0 Å². The molecule has 0 aliphatic rings. The van der Waals surface area contributed by atoms with E-state index in [1.54, 1.807) is 0 Å². The molecule has 1 heterocycles. The first-order chi connectivity index (χ1) is 9.33. The van der Waals surface area contributed by atoms with Gasteiger partial charge in [-0.05, 0) is 43.2 Å². The summed E-state index contributed by atoms with van der Waals surface area (Å²) in [6.07, 6.45) is 6.41. The van der Waals surface area contributed by atoms with E-state index in [4.69, 9.17) is 0 Å². The highest BCUT2D eigenvalue weighted by Gasteiger charge is 2.06. The van der Waals surface area contributed by atoms with Crippen LogP contribution in [0.15, 0.2) is 60.7 Å². The van der Waals surface area contributed by atoms with Crippen LogP contribution in [-0.2, 0) is 0 Å². The molecular weight excluding hydrogens is 248 g/mol. The number of fused-ring (bicyclic) bond motifs is 3. The molecular formula is C18H16S. The molecule has 0 fully saturated rings. The number of benzene rings is 2. The highest BCUT2D eigenvalue weighted by Crippen LogP contribution is 2.35. The lowest BCUT2D eigenvalue weighted by molar-refractivity contribution is 1.63. The maximum absolute atomic E-state index is 2.31. The van der Waals surface area contributed by atoms with Crippen molar-refractivity contribution in [3.63, 3.8) is 0 Å². The SMILES string of the molecule is C/C=C\C(=C/C)c1ccc2sc3ccccc3c2c1. The second-order valence-electron chi connectivity index (χ2n) is 4.55. The van der Waals surface area contributed by atoms with Crippen molar-refractivity contribution in [2.24, 2.45) is 0 Å². The Hall–Kier alpha value is -1.86. The van der Waals surface area contributed by atoms with E-state index in [-0.39, 0.29) is 0 Å². The summed E-state index contributed by atoms with van der Waals surface area (Å²) >= 11 is 1.87. The third kappa shape index (κ3) is 2.11. The zero-order chi connectivity index (χ0) is 13.2. The van der Waals surface area contributed by atoms with Gasteiger partial charge in [0.15, 0.2) is 0 Å². The van der Waals surface area contributed by atoms with E-state index in [9.17, 15) is 0 Å².